The number of hydrogen-bond donors (Lipinski definition) is 0. The number of aldehydes is 1. The van der Waals surface area contributed by atoms with E-state index in [0.29, 0.717) is 6.29 Å². The van der Waals surface area contributed by atoms with Crippen LogP contribution in [0.4, 0.5) is 8.78 Å². The van der Waals surface area contributed by atoms with Crippen molar-refractivity contribution in [1.82, 2.24) is 5.16 Å². The molecule has 0 aliphatic heterocycles. The van der Waals surface area contributed by atoms with E-state index in [2.05, 4.69) is 9.68 Å². The first-order valence-corrected chi connectivity index (χ1v) is 3.42. The Balaban J connectivity index is 2.84. The molecule has 0 bridgehead atoms. The zero-order valence-corrected chi connectivity index (χ0v) is 6.25. The van der Waals surface area contributed by atoms with Crippen molar-refractivity contribution in [2.45, 2.75) is 0 Å². The quantitative estimate of drug-likeness (QED) is 0.634. The van der Waals surface area contributed by atoms with Gasteiger partial charge in [-0.1, -0.05) is 5.16 Å². The predicted molar refractivity (Wildman–Crippen MR) is 39.3 cm³/mol. The maximum atomic E-state index is 12.7. The van der Waals surface area contributed by atoms with Crippen molar-refractivity contribution < 1.29 is 18.1 Å². The van der Waals surface area contributed by atoms with E-state index in [1.165, 1.54) is 0 Å². The van der Waals surface area contributed by atoms with Crippen LogP contribution >= 0.6 is 0 Å². The molecule has 1 aromatic carbocycles. The van der Waals surface area contributed by atoms with Crippen LogP contribution in [0.3, 0.4) is 0 Å². The topological polar surface area (TPSA) is 43.1 Å². The second kappa shape index (κ2) is 2.62. The Morgan fingerprint density at radius 3 is 2.69 bits per heavy atom. The molecule has 1 heterocycles. The lowest BCUT2D eigenvalue weighted by Crippen LogP contribution is -1.84. The van der Waals surface area contributed by atoms with Crippen LogP contribution in [0.25, 0.3) is 11.0 Å². The Morgan fingerprint density at radius 2 is 2.00 bits per heavy atom. The highest BCUT2D eigenvalue weighted by Crippen LogP contribution is 2.20. The molecular formula is C8H3F2NO2. The van der Waals surface area contributed by atoms with Gasteiger partial charge in [-0.15, -0.1) is 0 Å². The summed E-state index contributed by atoms with van der Waals surface area (Å²) in [5.74, 6) is -2.06. The fourth-order valence-corrected chi connectivity index (χ4v) is 1.04. The molecule has 66 valence electrons. The number of carbonyl (C=O) groups excluding carboxylic acids is 1. The lowest BCUT2D eigenvalue weighted by Gasteiger charge is -1.90. The van der Waals surface area contributed by atoms with Crippen molar-refractivity contribution in [2.24, 2.45) is 0 Å². The van der Waals surface area contributed by atoms with Crippen LogP contribution in [0.1, 0.15) is 10.5 Å². The first kappa shape index (κ1) is 7.85. The van der Waals surface area contributed by atoms with E-state index in [9.17, 15) is 13.6 Å². The van der Waals surface area contributed by atoms with Crippen molar-refractivity contribution in [2.75, 3.05) is 0 Å². The number of rotatable bonds is 1. The van der Waals surface area contributed by atoms with Gasteiger partial charge >= 0.3 is 0 Å². The van der Waals surface area contributed by atoms with Gasteiger partial charge in [-0.3, -0.25) is 4.79 Å². The molecule has 0 spiro atoms. The van der Waals surface area contributed by atoms with Crippen LogP contribution in [-0.2, 0) is 0 Å². The molecule has 0 N–H and O–H groups in total. The number of halogens is 2. The second-order valence-corrected chi connectivity index (χ2v) is 2.45. The molecule has 0 fully saturated rings. The first-order chi connectivity index (χ1) is 6.22. The third-order valence-electron chi connectivity index (χ3n) is 1.65. The lowest BCUT2D eigenvalue weighted by molar-refractivity contribution is 0.111. The molecule has 0 unspecified atom stereocenters. The number of fused-ring (bicyclic) bond motifs is 1. The number of aromatic nitrogens is 1. The highest BCUT2D eigenvalue weighted by atomic mass is 19.2. The van der Waals surface area contributed by atoms with Crippen LogP contribution in [0.5, 0.6) is 0 Å². The minimum Gasteiger partial charge on any atom is -0.355 e. The molecule has 0 atom stereocenters. The molecule has 0 saturated carbocycles. The zero-order chi connectivity index (χ0) is 9.42. The summed E-state index contributed by atoms with van der Waals surface area (Å²) in [4.78, 5) is 10.3. The molecule has 0 aliphatic rings. The van der Waals surface area contributed by atoms with Crippen molar-refractivity contribution in [3.63, 3.8) is 0 Å². The number of nitrogens with zero attached hydrogens (tertiary/aromatic N) is 1. The molecule has 0 amide bonds. The normalized spacial score (nSPS) is 10.6. The van der Waals surface area contributed by atoms with Crippen molar-refractivity contribution >= 4 is 17.3 Å². The summed E-state index contributed by atoms with van der Waals surface area (Å²) in [7, 11) is 0. The van der Waals surface area contributed by atoms with Crippen LogP contribution in [-0.4, -0.2) is 11.4 Å². The van der Waals surface area contributed by atoms with Gasteiger partial charge in [0.2, 0.25) is 0 Å². The Bertz CT molecular complexity index is 478. The smallest absolute Gasteiger partial charge is 0.172 e. The molecule has 1 aromatic heterocycles. The molecule has 3 nitrogen and oxygen atoms in total. The van der Waals surface area contributed by atoms with Gasteiger partial charge < -0.3 is 4.52 Å². The van der Waals surface area contributed by atoms with Gasteiger partial charge in [0, 0.05) is 6.07 Å². The van der Waals surface area contributed by atoms with E-state index < -0.39 is 11.6 Å². The SMILES string of the molecule is O=Cc1noc2cc(F)c(F)cc12. The third-order valence-corrected chi connectivity index (χ3v) is 1.65. The largest absolute Gasteiger partial charge is 0.355 e. The van der Waals surface area contributed by atoms with E-state index in [1.807, 2.05) is 0 Å². The Kier molecular flexibility index (Phi) is 1.58. The summed E-state index contributed by atoms with van der Waals surface area (Å²) in [6.45, 7) is 0. The Morgan fingerprint density at radius 1 is 1.31 bits per heavy atom. The fourth-order valence-electron chi connectivity index (χ4n) is 1.04. The van der Waals surface area contributed by atoms with E-state index in [4.69, 9.17) is 0 Å². The van der Waals surface area contributed by atoms with Crippen LogP contribution in [0.15, 0.2) is 16.7 Å². The maximum absolute atomic E-state index is 12.7. The highest BCUT2D eigenvalue weighted by molar-refractivity contribution is 5.93. The average molecular weight is 183 g/mol. The second-order valence-electron chi connectivity index (χ2n) is 2.45. The molecular weight excluding hydrogens is 180 g/mol. The van der Waals surface area contributed by atoms with Gasteiger partial charge in [0.15, 0.2) is 29.2 Å². The van der Waals surface area contributed by atoms with Gasteiger partial charge in [0.25, 0.3) is 0 Å². The summed E-state index contributed by atoms with van der Waals surface area (Å²) in [5, 5.41) is 3.49. The van der Waals surface area contributed by atoms with E-state index >= 15 is 0 Å². The monoisotopic (exact) mass is 183 g/mol. The van der Waals surface area contributed by atoms with Gasteiger partial charge in [-0.25, -0.2) is 8.78 Å². The average Bonchev–Trinajstić information content (AvgIpc) is 2.48. The van der Waals surface area contributed by atoms with E-state index in [0.717, 1.165) is 12.1 Å². The summed E-state index contributed by atoms with van der Waals surface area (Å²) < 4.78 is 29.9. The molecule has 13 heavy (non-hydrogen) atoms. The minimum atomic E-state index is -1.03. The standard InChI is InChI=1S/C8H3F2NO2/c9-5-1-4-7(3-12)11-13-8(4)2-6(5)10/h1-3H. The zero-order valence-electron chi connectivity index (χ0n) is 6.25. The molecule has 2 aromatic rings. The van der Waals surface area contributed by atoms with Crippen molar-refractivity contribution in [3.05, 3.63) is 29.5 Å². The summed E-state index contributed by atoms with van der Waals surface area (Å²) in [5.41, 5.74) is 0.0231. The minimum absolute atomic E-state index is 0.0334. The van der Waals surface area contributed by atoms with E-state index in [1.54, 1.807) is 0 Å². The molecule has 0 aliphatic carbocycles. The first-order valence-electron chi connectivity index (χ1n) is 3.42. The number of hydrogen-bond acceptors (Lipinski definition) is 3. The van der Waals surface area contributed by atoms with Gasteiger partial charge in [-0.2, -0.15) is 0 Å². The van der Waals surface area contributed by atoms with Gasteiger partial charge in [-0.05, 0) is 6.07 Å². The van der Waals surface area contributed by atoms with Gasteiger partial charge in [0.1, 0.15) is 0 Å². The fraction of sp³-hybridized carbons (Fsp3) is 0. The van der Waals surface area contributed by atoms with Crippen molar-refractivity contribution in [3.8, 4) is 0 Å². The molecule has 2 rings (SSSR count). The lowest BCUT2D eigenvalue weighted by atomic mass is 10.2. The summed E-state index contributed by atoms with van der Waals surface area (Å²) >= 11 is 0. The van der Waals surface area contributed by atoms with Crippen molar-refractivity contribution in [1.29, 1.82) is 0 Å². The van der Waals surface area contributed by atoms with Crippen LogP contribution in [0, 0.1) is 11.6 Å². The Labute approximate surface area is 70.9 Å². The van der Waals surface area contributed by atoms with E-state index in [-0.39, 0.29) is 16.7 Å². The third kappa shape index (κ3) is 1.09. The van der Waals surface area contributed by atoms with Crippen LogP contribution in [0.2, 0.25) is 0 Å². The predicted octanol–water partition coefficient (Wildman–Crippen LogP) is 1.92. The summed E-state index contributed by atoms with van der Waals surface area (Å²) in [6, 6.07) is 1.73. The number of benzene rings is 1. The highest BCUT2D eigenvalue weighted by Gasteiger charge is 2.11. The maximum Gasteiger partial charge on any atom is 0.172 e. The van der Waals surface area contributed by atoms with Crippen LogP contribution < -0.4 is 0 Å². The number of carbonyl (C=O) groups is 1. The molecule has 0 saturated heterocycles. The van der Waals surface area contributed by atoms with Gasteiger partial charge in [0.05, 0.1) is 5.39 Å². The molecule has 0 radical (unpaired) electrons. The summed E-state index contributed by atoms with van der Waals surface area (Å²) in [6.07, 6.45) is 0.420. The Hall–Kier alpha value is -1.78. The molecule has 5 heteroatoms.